The van der Waals surface area contributed by atoms with Crippen molar-refractivity contribution in [2.24, 2.45) is 5.92 Å². The van der Waals surface area contributed by atoms with E-state index < -0.39 is 22.4 Å². The van der Waals surface area contributed by atoms with Crippen LogP contribution in [0.5, 0.6) is 0 Å². The van der Waals surface area contributed by atoms with Crippen molar-refractivity contribution in [1.82, 2.24) is 4.72 Å². The number of hydrogen-bond donors (Lipinski definition) is 2. The molecule has 0 spiro atoms. The Morgan fingerprint density at radius 1 is 1.33 bits per heavy atom. The molecule has 2 N–H and O–H groups in total. The van der Waals surface area contributed by atoms with E-state index in [1.165, 1.54) is 18.9 Å². The summed E-state index contributed by atoms with van der Waals surface area (Å²) in [5.41, 5.74) is 0.0628. The van der Waals surface area contributed by atoms with Crippen molar-refractivity contribution in [2.45, 2.75) is 43.6 Å². The Labute approximate surface area is 129 Å². The highest BCUT2D eigenvalue weighted by Crippen LogP contribution is 2.27. The Bertz CT molecular complexity index is 600. The van der Waals surface area contributed by atoms with Crippen LogP contribution in [0.3, 0.4) is 0 Å². The fourth-order valence-electron chi connectivity index (χ4n) is 2.67. The second-order valence-electron chi connectivity index (χ2n) is 5.37. The van der Waals surface area contributed by atoms with Crippen LogP contribution < -0.4 is 4.72 Å². The average Bonchev–Trinajstić information content (AvgIpc) is 2.94. The minimum atomic E-state index is -3.78. The second kappa shape index (κ2) is 7.05. The molecule has 1 aliphatic rings. The molecule has 1 saturated carbocycles. The van der Waals surface area contributed by atoms with Gasteiger partial charge in [0.2, 0.25) is 10.0 Å². The highest BCUT2D eigenvalue weighted by Gasteiger charge is 2.20. The quantitative estimate of drug-likeness (QED) is 0.840. The average molecular weight is 336 g/mol. The van der Waals surface area contributed by atoms with Crippen LogP contribution in [-0.4, -0.2) is 20.1 Å². The van der Waals surface area contributed by atoms with Gasteiger partial charge >= 0.3 is 0 Å². The maximum absolute atomic E-state index is 13.6. The van der Waals surface area contributed by atoms with Crippen molar-refractivity contribution in [1.29, 1.82) is 0 Å². The molecule has 0 radical (unpaired) electrons. The third kappa shape index (κ3) is 4.16. The Morgan fingerprint density at radius 3 is 2.62 bits per heavy atom. The van der Waals surface area contributed by atoms with Gasteiger partial charge in [-0.2, -0.15) is 0 Å². The zero-order valence-electron chi connectivity index (χ0n) is 11.6. The molecule has 0 atom stereocenters. The van der Waals surface area contributed by atoms with E-state index in [2.05, 4.69) is 4.72 Å². The molecule has 21 heavy (non-hydrogen) atoms. The first kappa shape index (κ1) is 16.7. The maximum atomic E-state index is 13.6. The van der Waals surface area contributed by atoms with Crippen LogP contribution in [0.15, 0.2) is 17.0 Å². The normalized spacial score (nSPS) is 16.5. The predicted octanol–water partition coefficient (Wildman–Crippen LogP) is 2.83. The standard InChI is InChI=1S/C14H19ClFNO3S/c15-14-11(9-18)7-12(8-13(14)16)21(19,20)17-6-5-10-3-1-2-4-10/h7-8,10,17-18H,1-6,9H2. The number of aliphatic hydroxyl groups is 1. The van der Waals surface area contributed by atoms with Crippen molar-refractivity contribution in [3.05, 3.63) is 28.5 Å². The number of aliphatic hydroxyl groups excluding tert-OH is 1. The lowest BCUT2D eigenvalue weighted by Crippen LogP contribution is -2.26. The van der Waals surface area contributed by atoms with E-state index in [9.17, 15) is 12.8 Å². The van der Waals surface area contributed by atoms with E-state index in [1.54, 1.807) is 0 Å². The Balaban J connectivity index is 2.06. The minimum Gasteiger partial charge on any atom is -0.392 e. The monoisotopic (exact) mass is 335 g/mol. The number of sulfonamides is 1. The molecule has 0 unspecified atom stereocenters. The van der Waals surface area contributed by atoms with Crippen molar-refractivity contribution < 1.29 is 17.9 Å². The van der Waals surface area contributed by atoms with Crippen LogP contribution in [0.1, 0.15) is 37.7 Å². The van der Waals surface area contributed by atoms with Gasteiger partial charge in [0.05, 0.1) is 16.5 Å². The number of nitrogens with one attached hydrogen (secondary N) is 1. The molecule has 1 aliphatic carbocycles. The van der Waals surface area contributed by atoms with E-state index in [0.29, 0.717) is 12.5 Å². The Kier molecular flexibility index (Phi) is 5.60. The molecule has 1 fully saturated rings. The largest absolute Gasteiger partial charge is 0.392 e. The molecular formula is C14H19ClFNO3S. The van der Waals surface area contributed by atoms with Crippen LogP contribution in [0.2, 0.25) is 5.02 Å². The molecule has 7 heteroatoms. The first-order chi connectivity index (χ1) is 9.94. The second-order valence-corrected chi connectivity index (χ2v) is 7.52. The summed E-state index contributed by atoms with van der Waals surface area (Å²) < 4.78 is 40.3. The first-order valence-corrected chi connectivity index (χ1v) is 8.88. The van der Waals surface area contributed by atoms with Gasteiger partial charge in [0.1, 0.15) is 5.82 Å². The van der Waals surface area contributed by atoms with Gasteiger partial charge in [-0.05, 0) is 24.5 Å². The van der Waals surface area contributed by atoms with Gasteiger partial charge < -0.3 is 5.11 Å². The summed E-state index contributed by atoms with van der Waals surface area (Å²) in [5.74, 6) is -0.276. The number of halogens is 2. The molecule has 0 bridgehead atoms. The molecule has 0 saturated heterocycles. The summed E-state index contributed by atoms with van der Waals surface area (Å²) in [4.78, 5) is -0.208. The van der Waals surface area contributed by atoms with Crippen molar-refractivity contribution in [3.63, 3.8) is 0 Å². The van der Waals surface area contributed by atoms with Crippen molar-refractivity contribution in [2.75, 3.05) is 6.54 Å². The first-order valence-electron chi connectivity index (χ1n) is 7.02. The van der Waals surface area contributed by atoms with Gasteiger partial charge in [0.15, 0.2) is 0 Å². The van der Waals surface area contributed by atoms with Gasteiger partial charge in [0, 0.05) is 12.1 Å². The van der Waals surface area contributed by atoms with E-state index in [1.807, 2.05) is 0 Å². The summed E-state index contributed by atoms with van der Waals surface area (Å²) in [6, 6.07) is 2.07. The smallest absolute Gasteiger partial charge is 0.240 e. The molecule has 4 nitrogen and oxygen atoms in total. The molecule has 1 aromatic carbocycles. The van der Waals surface area contributed by atoms with E-state index in [4.69, 9.17) is 16.7 Å². The van der Waals surface area contributed by atoms with E-state index >= 15 is 0 Å². The van der Waals surface area contributed by atoms with Crippen molar-refractivity contribution in [3.8, 4) is 0 Å². The fourth-order valence-corrected chi connectivity index (χ4v) is 3.95. The predicted molar refractivity (Wildman–Crippen MR) is 79.1 cm³/mol. The molecule has 2 rings (SSSR count). The van der Waals surface area contributed by atoms with E-state index in [-0.39, 0.29) is 15.5 Å². The molecule has 0 aromatic heterocycles. The SMILES string of the molecule is O=S(=O)(NCCC1CCCC1)c1cc(F)c(Cl)c(CO)c1. The fraction of sp³-hybridized carbons (Fsp3) is 0.571. The van der Waals surface area contributed by atoms with Crippen LogP contribution in [-0.2, 0) is 16.6 Å². The maximum Gasteiger partial charge on any atom is 0.240 e. The van der Waals surface area contributed by atoms with Gasteiger partial charge in [0.25, 0.3) is 0 Å². The molecule has 0 aliphatic heterocycles. The third-order valence-electron chi connectivity index (χ3n) is 3.88. The lowest BCUT2D eigenvalue weighted by atomic mass is 10.1. The topological polar surface area (TPSA) is 66.4 Å². The zero-order chi connectivity index (χ0) is 15.5. The van der Waals surface area contributed by atoms with Crippen LogP contribution in [0.4, 0.5) is 4.39 Å². The van der Waals surface area contributed by atoms with Crippen molar-refractivity contribution >= 4 is 21.6 Å². The third-order valence-corrected chi connectivity index (χ3v) is 5.74. The summed E-state index contributed by atoms with van der Waals surface area (Å²) in [7, 11) is -3.78. The highest BCUT2D eigenvalue weighted by atomic mass is 35.5. The Morgan fingerprint density at radius 2 is 2.00 bits per heavy atom. The highest BCUT2D eigenvalue weighted by molar-refractivity contribution is 7.89. The minimum absolute atomic E-state index is 0.0628. The molecule has 0 amide bonds. The lowest BCUT2D eigenvalue weighted by Gasteiger charge is -2.12. The zero-order valence-corrected chi connectivity index (χ0v) is 13.2. The van der Waals surface area contributed by atoms with Gasteiger partial charge in [-0.25, -0.2) is 17.5 Å². The summed E-state index contributed by atoms with van der Waals surface area (Å²) in [6.07, 6.45) is 5.50. The van der Waals surface area contributed by atoms with E-state index in [0.717, 1.165) is 25.3 Å². The molecular weight excluding hydrogens is 317 g/mol. The summed E-state index contributed by atoms with van der Waals surface area (Å²) >= 11 is 5.66. The van der Waals surface area contributed by atoms with Crippen LogP contribution in [0.25, 0.3) is 0 Å². The Hall–Kier alpha value is -0.690. The van der Waals surface area contributed by atoms with Gasteiger partial charge in [-0.15, -0.1) is 0 Å². The lowest BCUT2D eigenvalue weighted by molar-refractivity contribution is 0.281. The molecule has 0 heterocycles. The molecule has 118 valence electrons. The molecule has 1 aromatic rings. The number of hydrogen-bond acceptors (Lipinski definition) is 3. The van der Waals surface area contributed by atoms with Gasteiger partial charge in [-0.3, -0.25) is 0 Å². The van der Waals surface area contributed by atoms with Gasteiger partial charge in [-0.1, -0.05) is 37.3 Å². The van der Waals surface area contributed by atoms with Crippen LogP contribution >= 0.6 is 11.6 Å². The summed E-state index contributed by atoms with van der Waals surface area (Å²) in [6.45, 7) is -0.174. The number of benzene rings is 1. The number of rotatable bonds is 6. The summed E-state index contributed by atoms with van der Waals surface area (Å²) in [5, 5.41) is 8.84. The van der Waals surface area contributed by atoms with Crippen LogP contribution in [0, 0.1) is 11.7 Å².